The highest BCUT2D eigenvalue weighted by Gasteiger charge is 2.16. The molecule has 0 radical (unpaired) electrons. The quantitative estimate of drug-likeness (QED) is 0.692. The fourth-order valence-corrected chi connectivity index (χ4v) is 2.79. The second-order valence-corrected chi connectivity index (χ2v) is 6.22. The number of nitrogens with zero attached hydrogens (tertiary/aromatic N) is 4. The molecule has 24 heavy (non-hydrogen) atoms. The molecule has 0 N–H and O–H groups in total. The third kappa shape index (κ3) is 3.59. The van der Waals surface area contributed by atoms with Gasteiger partial charge in [-0.2, -0.15) is 0 Å². The number of rotatable bonds is 5. The molecule has 3 aromatic rings. The number of hydrogen-bond acceptors (Lipinski definition) is 3. The van der Waals surface area contributed by atoms with Crippen LogP contribution in [0.2, 0.25) is 0 Å². The Hall–Kier alpha value is -2.75. The molecule has 0 amide bonds. The van der Waals surface area contributed by atoms with Crippen molar-refractivity contribution in [2.24, 2.45) is 0 Å². The zero-order valence-electron chi connectivity index (χ0n) is 14.3. The zero-order valence-corrected chi connectivity index (χ0v) is 14.3. The fraction of sp³-hybridized carbons (Fsp3) is 0.250. The van der Waals surface area contributed by atoms with Gasteiger partial charge in [0.15, 0.2) is 0 Å². The molecule has 0 saturated carbocycles. The van der Waals surface area contributed by atoms with Gasteiger partial charge in [-0.1, -0.05) is 35.9 Å². The van der Waals surface area contributed by atoms with Crippen LogP contribution in [0, 0.1) is 0 Å². The Morgan fingerprint density at radius 2 is 1.92 bits per heavy atom. The molecule has 0 aliphatic heterocycles. The summed E-state index contributed by atoms with van der Waals surface area (Å²) in [5.41, 5.74) is 5.53. The molecule has 1 atom stereocenters. The summed E-state index contributed by atoms with van der Waals surface area (Å²) in [4.78, 5) is 13.2. The molecule has 0 unspecified atom stereocenters. The lowest BCUT2D eigenvalue weighted by Crippen LogP contribution is -2.10. The van der Waals surface area contributed by atoms with Gasteiger partial charge in [0.05, 0.1) is 23.4 Å². The van der Waals surface area contributed by atoms with E-state index in [9.17, 15) is 0 Å². The topological polar surface area (TPSA) is 43.6 Å². The van der Waals surface area contributed by atoms with Crippen molar-refractivity contribution >= 4 is 6.08 Å². The van der Waals surface area contributed by atoms with E-state index < -0.39 is 0 Å². The van der Waals surface area contributed by atoms with Crippen molar-refractivity contribution in [1.29, 1.82) is 0 Å². The van der Waals surface area contributed by atoms with E-state index in [1.54, 1.807) is 12.4 Å². The standard InChI is InChI=1S/C20H22N4/c1-15(2)11-19-20(17-7-5-4-6-8-17)23-14-24(19)16(3)12-18-13-21-9-10-22-18/h4-11,13-14,16H,12H2,1-3H3/t16-/m0/s1. The molecular formula is C20H22N4. The first-order valence-electron chi connectivity index (χ1n) is 8.17. The van der Waals surface area contributed by atoms with Crippen molar-refractivity contribution in [2.45, 2.75) is 33.2 Å². The predicted octanol–water partition coefficient (Wildman–Crippen LogP) is 4.57. The first-order chi connectivity index (χ1) is 11.6. The van der Waals surface area contributed by atoms with Crippen LogP contribution in [0.1, 0.15) is 38.2 Å². The highest BCUT2D eigenvalue weighted by Crippen LogP contribution is 2.27. The van der Waals surface area contributed by atoms with Gasteiger partial charge in [-0.05, 0) is 26.8 Å². The van der Waals surface area contributed by atoms with E-state index in [4.69, 9.17) is 0 Å². The zero-order chi connectivity index (χ0) is 16.9. The molecule has 0 aliphatic carbocycles. The molecule has 4 heteroatoms. The van der Waals surface area contributed by atoms with Crippen molar-refractivity contribution < 1.29 is 0 Å². The summed E-state index contributed by atoms with van der Waals surface area (Å²) >= 11 is 0. The van der Waals surface area contributed by atoms with E-state index in [2.05, 4.69) is 58.5 Å². The van der Waals surface area contributed by atoms with Crippen LogP contribution in [0.5, 0.6) is 0 Å². The highest BCUT2D eigenvalue weighted by molar-refractivity contribution is 5.71. The van der Waals surface area contributed by atoms with Gasteiger partial charge < -0.3 is 4.57 Å². The number of imidazole rings is 1. The minimum Gasteiger partial charge on any atom is -0.327 e. The Balaban J connectivity index is 1.99. The van der Waals surface area contributed by atoms with E-state index in [1.165, 1.54) is 5.57 Å². The van der Waals surface area contributed by atoms with Crippen molar-refractivity contribution in [1.82, 2.24) is 19.5 Å². The Kier molecular flexibility index (Phi) is 4.85. The maximum Gasteiger partial charge on any atom is 0.0961 e. The second kappa shape index (κ2) is 7.21. The minimum absolute atomic E-state index is 0.247. The SMILES string of the molecule is CC(C)=Cc1c(-c2ccccc2)ncn1[C@@H](C)Cc1cnccn1. The van der Waals surface area contributed by atoms with Gasteiger partial charge >= 0.3 is 0 Å². The third-order valence-electron chi connectivity index (χ3n) is 3.90. The van der Waals surface area contributed by atoms with Crippen LogP contribution in [-0.2, 0) is 6.42 Å². The Morgan fingerprint density at radius 1 is 1.12 bits per heavy atom. The van der Waals surface area contributed by atoms with Gasteiger partial charge in [0.25, 0.3) is 0 Å². The molecule has 0 aliphatic rings. The van der Waals surface area contributed by atoms with Crippen molar-refractivity contribution in [3.8, 4) is 11.3 Å². The molecule has 0 spiro atoms. The van der Waals surface area contributed by atoms with Gasteiger partial charge in [0.2, 0.25) is 0 Å². The van der Waals surface area contributed by atoms with Crippen LogP contribution in [0.15, 0.2) is 60.8 Å². The normalized spacial score (nSPS) is 12.0. The Bertz CT molecular complexity index is 815. The number of hydrogen-bond donors (Lipinski definition) is 0. The van der Waals surface area contributed by atoms with Gasteiger partial charge in [-0.15, -0.1) is 0 Å². The number of allylic oxidation sites excluding steroid dienone is 1. The Labute approximate surface area is 142 Å². The average molecular weight is 318 g/mol. The third-order valence-corrected chi connectivity index (χ3v) is 3.90. The largest absolute Gasteiger partial charge is 0.327 e. The molecule has 2 aromatic heterocycles. The molecular weight excluding hydrogens is 296 g/mol. The predicted molar refractivity (Wildman–Crippen MR) is 97.4 cm³/mol. The summed E-state index contributed by atoms with van der Waals surface area (Å²) in [6.07, 6.45) is 10.2. The van der Waals surface area contributed by atoms with Crippen LogP contribution < -0.4 is 0 Å². The van der Waals surface area contributed by atoms with Crippen LogP contribution >= 0.6 is 0 Å². The number of benzene rings is 1. The van der Waals surface area contributed by atoms with Crippen molar-refractivity contribution in [2.75, 3.05) is 0 Å². The van der Waals surface area contributed by atoms with Crippen LogP contribution in [0.3, 0.4) is 0 Å². The summed E-state index contributed by atoms with van der Waals surface area (Å²) < 4.78 is 2.23. The summed E-state index contributed by atoms with van der Waals surface area (Å²) in [5.74, 6) is 0. The summed E-state index contributed by atoms with van der Waals surface area (Å²) in [7, 11) is 0. The van der Waals surface area contributed by atoms with Crippen LogP contribution in [0.25, 0.3) is 17.3 Å². The van der Waals surface area contributed by atoms with Crippen LogP contribution in [0.4, 0.5) is 0 Å². The first kappa shape index (κ1) is 16.1. The van der Waals surface area contributed by atoms with Gasteiger partial charge in [0.1, 0.15) is 0 Å². The summed E-state index contributed by atoms with van der Waals surface area (Å²) in [5, 5.41) is 0. The first-order valence-corrected chi connectivity index (χ1v) is 8.17. The van der Waals surface area contributed by atoms with E-state index in [-0.39, 0.29) is 6.04 Å². The highest BCUT2D eigenvalue weighted by atomic mass is 15.1. The monoisotopic (exact) mass is 318 g/mol. The fourth-order valence-electron chi connectivity index (χ4n) is 2.79. The van der Waals surface area contributed by atoms with Gasteiger partial charge in [0, 0.05) is 36.6 Å². The van der Waals surface area contributed by atoms with E-state index >= 15 is 0 Å². The second-order valence-electron chi connectivity index (χ2n) is 6.22. The van der Waals surface area contributed by atoms with E-state index in [1.807, 2.05) is 30.7 Å². The minimum atomic E-state index is 0.247. The van der Waals surface area contributed by atoms with Gasteiger partial charge in [-0.25, -0.2) is 4.98 Å². The molecule has 4 nitrogen and oxygen atoms in total. The van der Waals surface area contributed by atoms with Crippen molar-refractivity contribution in [3.05, 3.63) is 72.2 Å². The average Bonchev–Trinajstić information content (AvgIpc) is 2.99. The molecule has 0 fully saturated rings. The maximum atomic E-state index is 4.68. The molecule has 0 saturated heterocycles. The molecule has 0 bridgehead atoms. The molecule has 122 valence electrons. The lowest BCUT2D eigenvalue weighted by atomic mass is 10.1. The van der Waals surface area contributed by atoms with E-state index in [0.717, 1.165) is 29.1 Å². The van der Waals surface area contributed by atoms with Crippen LogP contribution in [-0.4, -0.2) is 19.5 Å². The number of aromatic nitrogens is 4. The lowest BCUT2D eigenvalue weighted by molar-refractivity contribution is 0.533. The smallest absolute Gasteiger partial charge is 0.0961 e. The molecule has 3 rings (SSSR count). The lowest BCUT2D eigenvalue weighted by Gasteiger charge is -2.16. The van der Waals surface area contributed by atoms with Crippen molar-refractivity contribution in [3.63, 3.8) is 0 Å². The molecule has 1 aromatic carbocycles. The summed E-state index contributed by atoms with van der Waals surface area (Å²) in [6.45, 7) is 6.41. The maximum absolute atomic E-state index is 4.68. The Morgan fingerprint density at radius 3 is 2.58 bits per heavy atom. The van der Waals surface area contributed by atoms with Gasteiger partial charge in [-0.3, -0.25) is 9.97 Å². The molecule has 2 heterocycles. The van der Waals surface area contributed by atoms with E-state index in [0.29, 0.717) is 0 Å². The summed E-state index contributed by atoms with van der Waals surface area (Å²) in [6, 6.07) is 10.6.